The second-order valence-corrected chi connectivity index (χ2v) is 2.39. The van der Waals surface area contributed by atoms with Gasteiger partial charge >= 0.3 is 0 Å². The molecule has 13 heavy (non-hydrogen) atoms. The number of methoxy groups -OCH3 is 1. The molecule has 1 rings (SSSR count). The smallest absolute Gasteiger partial charge is 0.118 e. The average molecular weight is 177 g/mol. The van der Waals surface area contributed by atoms with Crippen molar-refractivity contribution in [3.8, 4) is 18.6 Å². The minimum atomic E-state index is 0.701. The summed E-state index contributed by atoms with van der Waals surface area (Å²) in [5.74, 6) is 0.894. The lowest BCUT2D eigenvalue weighted by Gasteiger charge is -2.00. The van der Waals surface area contributed by atoms with Gasteiger partial charge < -0.3 is 10.5 Å². The summed E-state index contributed by atoms with van der Waals surface area (Å²) >= 11 is 0. The van der Waals surface area contributed by atoms with Gasteiger partial charge in [-0.1, -0.05) is 12.1 Å². The first kappa shape index (κ1) is 11.5. The molecule has 0 aromatic heterocycles. The summed E-state index contributed by atoms with van der Waals surface area (Å²) in [5, 5.41) is 0. The van der Waals surface area contributed by atoms with E-state index in [9.17, 15) is 0 Å². The zero-order valence-corrected chi connectivity index (χ0v) is 7.86. The Kier molecular flexibility index (Phi) is 6.39. The molecule has 2 nitrogen and oxygen atoms in total. The van der Waals surface area contributed by atoms with Crippen molar-refractivity contribution in [2.45, 2.75) is 6.42 Å². The SMILES string of the molecule is C#C.COc1ccc(CCN)cc1. The lowest BCUT2D eigenvalue weighted by molar-refractivity contribution is 0.414. The Morgan fingerprint density at radius 3 is 2.15 bits per heavy atom. The van der Waals surface area contributed by atoms with E-state index in [1.807, 2.05) is 24.3 Å². The van der Waals surface area contributed by atoms with Crippen LogP contribution < -0.4 is 10.5 Å². The van der Waals surface area contributed by atoms with E-state index in [0.29, 0.717) is 6.54 Å². The monoisotopic (exact) mass is 177 g/mol. The molecule has 0 spiro atoms. The highest BCUT2D eigenvalue weighted by atomic mass is 16.5. The Morgan fingerprint density at radius 1 is 1.23 bits per heavy atom. The predicted octanol–water partition coefficient (Wildman–Crippen LogP) is 1.45. The normalized spacial score (nSPS) is 8.31. The summed E-state index contributed by atoms with van der Waals surface area (Å²) in [6, 6.07) is 7.97. The third kappa shape index (κ3) is 4.19. The van der Waals surface area contributed by atoms with E-state index in [1.54, 1.807) is 7.11 Å². The lowest BCUT2D eigenvalue weighted by atomic mass is 10.1. The number of nitrogens with two attached hydrogens (primary N) is 1. The number of terminal acetylenes is 1. The first-order valence-corrected chi connectivity index (χ1v) is 4.03. The average Bonchev–Trinajstić information content (AvgIpc) is 2.23. The lowest BCUT2D eigenvalue weighted by Crippen LogP contribution is -2.02. The van der Waals surface area contributed by atoms with Gasteiger partial charge in [-0.15, -0.1) is 12.8 Å². The van der Waals surface area contributed by atoms with Crippen molar-refractivity contribution in [3.05, 3.63) is 29.8 Å². The summed E-state index contributed by atoms with van der Waals surface area (Å²) < 4.78 is 5.02. The van der Waals surface area contributed by atoms with Crippen LogP contribution in [0.2, 0.25) is 0 Å². The van der Waals surface area contributed by atoms with Gasteiger partial charge in [0.2, 0.25) is 0 Å². The van der Waals surface area contributed by atoms with Crippen LogP contribution >= 0.6 is 0 Å². The van der Waals surface area contributed by atoms with E-state index in [2.05, 4.69) is 12.8 Å². The van der Waals surface area contributed by atoms with E-state index in [4.69, 9.17) is 10.5 Å². The molecule has 0 aliphatic heterocycles. The van der Waals surface area contributed by atoms with Gasteiger partial charge in [0, 0.05) is 0 Å². The third-order valence-electron chi connectivity index (χ3n) is 1.59. The van der Waals surface area contributed by atoms with Gasteiger partial charge in [-0.25, -0.2) is 0 Å². The van der Waals surface area contributed by atoms with Crippen molar-refractivity contribution in [1.82, 2.24) is 0 Å². The molecular weight excluding hydrogens is 162 g/mol. The molecule has 0 fully saturated rings. The van der Waals surface area contributed by atoms with Crippen molar-refractivity contribution in [3.63, 3.8) is 0 Å². The Hall–Kier alpha value is -1.46. The quantitative estimate of drug-likeness (QED) is 0.709. The van der Waals surface area contributed by atoms with Crippen molar-refractivity contribution in [1.29, 1.82) is 0 Å². The molecule has 2 N–H and O–H groups in total. The van der Waals surface area contributed by atoms with Crippen LogP contribution in [0.4, 0.5) is 0 Å². The topological polar surface area (TPSA) is 35.2 Å². The maximum Gasteiger partial charge on any atom is 0.118 e. The molecule has 0 saturated carbocycles. The largest absolute Gasteiger partial charge is 0.497 e. The highest BCUT2D eigenvalue weighted by molar-refractivity contribution is 5.27. The summed E-state index contributed by atoms with van der Waals surface area (Å²) in [6.45, 7) is 0.701. The van der Waals surface area contributed by atoms with Gasteiger partial charge in [-0.05, 0) is 30.7 Å². The first-order chi connectivity index (χ1) is 6.36. The molecular formula is C11H15NO. The zero-order valence-electron chi connectivity index (χ0n) is 7.86. The van der Waals surface area contributed by atoms with E-state index in [-0.39, 0.29) is 0 Å². The molecule has 0 amide bonds. The van der Waals surface area contributed by atoms with Crippen molar-refractivity contribution >= 4 is 0 Å². The predicted molar refractivity (Wildman–Crippen MR) is 55.6 cm³/mol. The fourth-order valence-corrected chi connectivity index (χ4v) is 0.959. The zero-order chi connectivity index (χ0) is 10.1. The second-order valence-electron chi connectivity index (χ2n) is 2.39. The maximum absolute atomic E-state index is 5.40. The van der Waals surface area contributed by atoms with E-state index in [0.717, 1.165) is 12.2 Å². The van der Waals surface area contributed by atoms with Gasteiger partial charge in [0.25, 0.3) is 0 Å². The molecule has 0 aliphatic carbocycles. The van der Waals surface area contributed by atoms with Gasteiger partial charge in [-0.2, -0.15) is 0 Å². The Bertz CT molecular complexity index is 238. The van der Waals surface area contributed by atoms with Crippen LogP contribution in [-0.4, -0.2) is 13.7 Å². The van der Waals surface area contributed by atoms with Gasteiger partial charge in [-0.3, -0.25) is 0 Å². The highest BCUT2D eigenvalue weighted by Gasteiger charge is 1.91. The molecule has 0 aliphatic rings. The first-order valence-electron chi connectivity index (χ1n) is 4.03. The fourth-order valence-electron chi connectivity index (χ4n) is 0.959. The molecule has 0 bridgehead atoms. The van der Waals surface area contributed by atoms with Crippen molar-refractivity contribution in [2.24, 2.45) is 5.73 Å². The van der Waals surface area contributed by atoms with Crippen LogP contribution in [0.3, 0.4) is 0 Å². The molecule has 70 valence electrons. The van der Waals surface area contributed by atoms with Crippen LogP contribution in [0.15, 0.2) is 24.3 Å². The standard InChI is InChI=1S/C9H13NO.C2H2/c1-11-9-4-2-8(3-5-9)6-7-10;1-2/h2-5H,6-7,10H2,1H3;1-2H. The minimum absolute atomic E-state index is 0.701. The van der Waals surface area contributed by atoms with Crippen LogP contribution in [-0.2, 0) is 6.42 Å². The Balaban J connectivity index is 0.000000671. The van der Waals surface area contributed by atoms with E-state index >= 15 is 0 Å². The summed E-state index contributed by atoms with van der Waals surface area (Å²) in [5.41, 5.74) is 6.66. The number of benzene rings is 1. The van der Waals surface area contributed by atoms with E-state index < -0.39 is 0 Å². The molecule has 0 radical (unpaired) electrons. The Morgan fingerprint density at radius 2 is 1.77 bits per heavy atom. The van der Waals surface area contributed by atoms with Gasteiger partial charge in [0.05, 0.1) is 7.11 Å². The third-order valence-corrected chi connectivity index (χ3v) is 1.59. The Labute approximate surface area is 79.7 Å². The maximum atomic E-state index is 5.40. The molecule has 0 atom stereocenters. The van der Waals surface area contributed by atoms with Crippen LogP contribution in [0.1, 0.15) is 5.56 Å². The number of ether oxygens (including phenoxy) is 1. The second kappa shape index (κ2) is 7.20. The van der Waals surface area contributed by atoms with Crippen LogP contribution in [0, 0.1) is 12.8 Å². The van der Waals surface area contributed by atoms with Crippen LogP contribution in [0.25, 0.3) is 0 Å². The molecule has 1 aromatic rings. The van der Waals surface area contributed by atoms with Gasteiger partial charge in [0.15, 0.2) is 0 Å². The number of hydrogen-bond acceptors (Lipinski definition) is 2. The minimum Gasteiger partial charge on any atom is -0.497 e. The van der Waals surface area contributed by atoms with Crippen molar-refractivity contribution < 1.29 is 4.74 Å². The van der Waals surface area contributed by atoms with Gasteiger partial charge in [0.1, 0.15) is 5.75 Å². The summed E-state index contributed by atoms with van der Waals surface area (Å²) in [6.07, 6.45) is 8.93. The molecule has 0 unspecified atom stereocenters. The van der Waals surface area contributed by atoms with Crippen molar-refractivity contribution in [2.75, 3.05) is 13.7 Å². The molecule has 0 saturated heterocycles. The highest BCUT2D eigenvalue weighted by Crippen LogP contribution is 2.10. The summed E-state index contributed by atoms with van der Waals surface area (Å²) in [7, 11) is 1.66. The number of rotatable bonds is 3. The molecule has 0 heterocycles. The molecule has 1 aromatic carbocycles. The van der Waals surface area contributed by atoms with Crippen LogP contribution in [0.5, 0.6) is 5.75 Å². The number of hydrogen-bond donors (Lipinski definition) is 1. The fraction of sp³-hybridized carbons (Fsp3) is 0.273. The summed E-state index contributed by atoms with van der Waals surface area (Å²) in [4.78, 5) is 0. The van der Waals surface area contributed by atoms with E-state index in [1.165, 1.54) is 5.56 Å². The molecule has 2 heteroatoms.